The van der Waals surface area contributed by atoms with E-state index in [-0.39, 0.29) is 6.16 Å². The molecule has 0 fully saturated rings. The fraction of sp³-hybridized carbons (Fsp3) is 0.294. The Labute approximate surface area is 157 Å². The number of halogens is 2. The van der Waals surface area contributed by atoms with Gasteiger partial charge in [-0.2, -0.15) is 0 Å². The minimum absolute atomic E-state index is 0.247. The van der Waals surface area contributed by atoms with E-state index in [0.29, 0.717) is 41.8 Å². The van der Waals surface area contributed by atoms with E-state index in [2.05, 4.69) is 4.90 Å². The molecule has 4 N–H and O–H groups in total. The van der Waals surface area contributed by atoms with Crippen LogP contribution in [0, 0.1) is 0 Å². The molecule has 0 atom stereocenters. The van der Waals surface area contributed by atoms with E-state index in [1.54, 1.807) is 18.2 Å². The van der Waals surface area contributed by atoms with Crippen LogP contribution in [0.5, 0.6) is 0 Å². The lowest BCUT2D eigenvalue weighted by Gasteiger charge is -2.22. The number of hydrogen-bond acceptors (Lipinski definition) is 3. The molecule has 5 nitrogen and oxygen atoms in total. The van der Waals surface area contributed by atoms with Crippen molar-refractivity contribution in [3.05, 3.63) is 69.2 Å². The summed E-state index contributed by atoms with van der Waals surface area (Å²) in [4.78, 5) is 20.2. The SMILES string of the molecule is NCCN(Cc1ccc(CP(=O)(O)O)cc1)Cc1ccc(Cl)c(Cl)c1. The zero-order valence-corrected chi connectivity index (χ0v) is 16.0. The molecule has 0 aromatic heterocycles. The summed E-state index contributed by atoms with van der Waals surface area (Å²) >= 11 is 12.0. The first-order valence-corrected chi connectivity index (χ1v) is 10.3. The van der Waals surface area contributed by atoms with Crippen molar-refractivity contribution in [3.63, 3.8) is 0 Å². The average molecular weight is 403 g/mol. The van der Waals surface area contributed by atoms with Gasteiger partial charge >= 0.3 is 7.60 Å². The molecule has 0 unspecified atom stereocenters. The van der Waals surface area contributed by atoms with Crippen molar-refractivity contribution in [2.75, 3.05) is 13.1 Å². The van der Waals surface area contributed by atoms with Crippen LogP contribution in [0.4, 0.5) is 0 Å². The Bertz CT molecular complexity index is 750. The highest BCUT2D eigenvalue weighted by molar-refractivity contribution is 7.50. The Morgan fingerprint density at radius 2 is 1.48 bits per heavy atom. The topological polar surface area (TPSA) is 86.8 Å². The first-order valence-electron chi connectivity index (χ1n) is 7.75. The fourth-order valence-corrected chi connectivity index (χ4v) is 3.55. The average Bonchev–Trinajstić information content (AvgIpc) is 2.52. The molecule has 0 heterocycles. The molecule has 2 rings (SSSR count). The van der Waals surface area contributed by atoms with Crippen molar-refractivity contribution in [2.45, 2.75) is 19.3 Å². The van der Waals surface area contributed by atoms with E-state index in [9.17, 15) is 4.57 Å². The van der Waals surface area contributed by atoms with Gasteiger partial charge in [0.05, 0.1) is 16.2 Å². The minimum atomic E-state index is -4.05. The lowest BCUT2D eigenvalue weighted by atomic mass is 10.1. The molecular weight excluding hydrogens is 382 g/mol. The maximum Gasteiger partial charge on any atom is 0.329 e. The highest BCUT2D eigenvalue weighted by Crippen LogP contribution is 2.38. The molecule has 8 heteroatoms. The van der Waals surface area contributed by atoms with Gasteiger partial charge in [-0.05, 0) is 28.8 Å². The van der Waals surface area contributed by atoms with Crippen LogP contribution in [0.15, 0.2) is 42.5 Å². The zero-order chi connectivity index (χ0) is 18.4. The summed E-state index contributed by atoms with van der Waals surface area (Å²) < 4.78 is 11.1. The van der Waals surface area contributed by atoms with E-state index >= 15 is 0 Å². The highest BCUT2D eigenvalue weighted by atomic mass is 35.5. The quantitative estimate of drug-likeness (QED) is 0.586. The van der Waals surface area contributed by atoms with E-state index in [4.69, 9.17) is 38.7 Å². The Kier molecular flexibility index (Phi) is 7.47. The van der Waals surface area contributed by atoms with Gasteiger partial charge in [-0.1, -0.05) is 53.5 Å². The molecule has 0 saturated carbocycles. The largest absolute Gasteiger partial charge is 0.329 e. The lowest BCUT2D eigenvalue weighted by Crippen LogP contribution is -2.28. The highest BCUT2D eigenvalue weighted by Gasteiger charge is 2.14. The van der Waals surface area contributed by atoms with Gasteiger partial charge in [-0.3, -0.25) is 9.46 Å². The maximum atomic E-state index is 11.1. The first kappa shape index (κ1) is 20.4. The molecule has 0 radical (unpaired) electrons. The smallest absolute Gasteiger partial charge is 0.329 e. The number of rotatable bonds is 8. The predicted molar refractivity (Wildman–Crippen MR) is 102 cm³/mol. The zero-order valence-electron chi connectivity index (χ0n) is 13.6. The summed E-state index contributed by atoms with van der Waals surface area (Å²) in [5, 5.41) is 1.05. The van der Waals surface area contributed by atoms with Gasteiger partial charge in [-0.15, -0.1) is 0 Å². The van der Waals surface area contributed by atoms with Crippen molar-refractivity contribution >= 4 is 30.8 Å². The molecule has 0 aliphatic rings. The lowest BCUT2D eigenvalue weighted by molar-refractivity contribution is 0.264. The molecule has 0 saturated heterocycles. The summed E-state index contributed by atoms with van der Waals surface area (Å²) in [7, 11) is -4.05. The standard InChI is InChI=1S/C17H21Cl2N2O3P/c18-16-6-5-15(9-17(16)19)11-21(8-7-20)10-13-1-3-14(4-2-13)12-25(22,23)24/h1-6,9H,7-8,10-12,20H2,(H2,22,23,24). The van der Waals surface area contributed by atoms with Crippen LogP contribution in [0.25, 0.3) is 0 Å². The van der Waals surface area contributed by atoms with Crippen molar-refractivity contribution in [1.29, 1.82) is 0 Å². The van der Waals surface area contributed by atoms with Gasteiger partial charge in [-0.25, -0.2) is 0 Å². The fourth-order valence-electron chi connectivity index (χ4n) is 2.54. The van der Waals surface area contributed by atoms with Crippen LogP contribution < -0.4 is 5.73 Å². The van der Waals surface area contributed by atoms with Crippen LogP contribution >= 0.6 is 30.8 Å². The third-order valence-corrected chi connectivity index (χ3v) is 5.17. The van der Waals surface area contributed by atoms with Gasteiger partial charge in [0.25, 0.3) is 0 Å². The molecule has 136 valence electrons. The Hall–Kier alpha value is -0.910. The van der Waals surface area contributed by atoms with Crippen LogP contribution in [-0.4, -0.2) is 27.8 Å². The first-order chi connectivity index (χ1) is 11.8. The summed E-state index contributed by atoms with van der Waals surface area (Å²) in [5.41, 5.74) is 8.41. The Morgan fingerprint density at radius 3 is 2.04 bits per heavy atom. The molecule has 2 aromatic rings. The maximum absolute atomic E-state index is 11.1. The summed E-state index contributed by atoms with van der Waals surface area (Å²) in [6.45, 7) is 2.59. The van der Waals surface area contributed by atoms with Gasteiger partial charge in [0.1, 0.15) is 0 Å². The number of benzene rings is 2. The predicted octanol–water partition coefficient (Wildman–Crippen LogP) is 3.63. The monoisotopic (exact) mass is 402 g/mol. The molecule has 0 spiro atoms. The Morgan fingerprint density at radius 1 is 0.920 bits per heavy atom. The van der Waals surface area contributed by atoms with Crippen LogP contribution in [0.1, 0.15) is 16.7 Å². The third-order valence-electron chi connectivity index (χ3n) is 3.65. The van der Waals surface area contributed by atoms with Gasteiger partial charge in [0.2, 0.25) is 0 Å². The second-order valence-corrected chi connectivity index (χ2v) is 8.35. The number of hydrogen-bond donors (Lipinski definition) is 3. The number of nitrogens with two attached hydrogens (primary N) is 1. The molecule has 0 amide bonds. The van der Waals surface area contributed by atoms with E-state index in [1.165, 1.54) is 0 Å². The second-order valence-electron chi connectivity index (χ2n) is 5.89. The molecular formula is C17H21Cl2N2O3P. The third kappa shape index (κ3) is 7.08. The van der Waals surface area contributed by atoms with Crippen molar-refractivity contribution in [2.24, 2.45) is 5.73 Å². The van der Waals surface area contributed by atoms with Gasteiger partial charge in [0, 0.05) is 26.2 Å². The minimum Gasteiger partial charge on any atom is -0.329 e. The summed E-state index contributed by atoms with van der Waals surface area (Å²) in [6, 6.07) is 12.8. The molecule has 25 heavy (non-hydrogen) atoms. The normalized spacial score (nSPS) is 11.9. The van der Waals surface area contributed by atoms with Crippen molar-refractivity contribution in [3.8, 4) is 0 Å². The molecule has 0 aliphatic heterocycles. The molecule has 0 bridgehead atoms. The van der Waals surface area contributed by atoms with Gasteiger partial charge < -0.3 is 15.5 Å². The van der Waals surface area contributed by atoms with E-state index in [0.717, 1.165) is 11.1 Å². The van der Waals surface area contributed by atoms with E-state index in [1.807, 2.05) is 24.3 Å². The Balaban J connectivity index is 2.05. The van der Waals surface area contributed by atoms with Crippen LogP contribution in [-0.2, 0) is 23.8 Å². The molecule has 0 aliphatic carbocycles. The number of nitrogens with zero attached hydrogens (tertiary/aromatic N) is 1. The van der Waals surface area contributed by atoms with Crippen LogP contribution in [0.3, 0.4) is 0 Å². The van der Waals surface area contributed by atoms with Crippen LogP contribution in [0.2, 0.25) is 10.0 Å². The van der Waals surface area contributed by atoms with Crippen molar-refractivity contribution in [1.82, 2.24) is 4.90 Å². The van der Waals surface area contributed by atoms with Crippen molar-refractivity contribution < 1.29 is 14.4 Å². The molecule has 2 aromatic carbocycles. The summed E-state index contributed by atoms with van der Waals surface area (Å²) in [6.07, 6.45) is -0.247. The summed E-state index contributed by atoms with van der Waals surface area (Å²) in [5.74, 6) is 0. The van der Waals surface area contributed by atoms with E-state index < -0.39 is 7.60 Å². The second kappa shape index (κ2) is 9.15. The van der Waals surface area contributed by atoms with Gasteiger partial charge in [0.15, 0.2) is 0 Å².